The SMILES string of the molecule is Cc1ccc2nc(-c3ccc(NC(=O)C=Cc4ccc(-c5ccccc5[N+](=O)[O-])o4)cc3)oc2c1. The van der Waals surface area contributed by atoms with Gasteiger partial charge in [0.05, 0.1) is 10.5 Å². The predicted molar refractivity (Wildman–Crippen MR) is 133 cm³/mol. The van der Waals surface area contributed by atoms with Crippen LogP contribution in [0, 0.1) is 17.0 Å². The minimum atomic E-state index is -0.461. The van der Waals surface area contributed by atoms with Gasteiger partial charge in [-0.2, -0.15) is 0 Å². The summed E-state index contributed by atoms with van der Waals surface area (Å²) in [7, 11) is 0. The summed E-state index contributed by atoms with van der Waals surface area (Å²) in [6, 6.07) is 22.6. The van der Waals surface area contributed by atoms with Crippen molar-refractivity contribution >= 4 is 34.5 Å². The van der Waals surface area contributed by atoms with E-state index in [1.807, 2.05) is 37.3 Å². The van der Waals surface area contributed by atoms with E-state index in [0.29, 0.717) is 28.7 Å². The topological polar surface area (TPSA) is 111 Å². The smallest absolute Gasteiger partial charge is 0.280 e. The van der Waals surface area contributed by atoms with Crippen LogP contribution in [-0.4, -0.2) is 15.8 Å². The van der Waals surface area contributed by atoms with Crippen molar-refractivity contribution in [3.63, 3.8) is 0 Å². The molecule has 5 aromatic rings. The van der Waals surface area contributed by atoms with Crippen LogP contribution in [0.5, 0.6) is 0 Å². The Morgan fingerprint density at radius 2 is 1.80 bits per heavy atom. The molecule has 0 atom stereocenters. The number of amides is 1. The van der Waals surface area contributed by atoms with Crippen molar-refractivity contribution in [3.05, 3.63) is 106 Å². The van der Waals surface area contributed by atoms with Crippen LogP contribution >= 0.6 is 0 Å². The van der Waals surface area contributed by atoms with Crippen molar-refractivity contribution < 1.29 is 18.6 Å². The van der Waals surface area contributed by atoms with E-state index in [1.54, 1.807) is 42.5 Å². The second-order valence-corrected chi connectivity index (χ2v) is 7.87. The van der Waals surface area contributed by atoms with E-state index in [1.165, 1.54) is 18.2 Å². The highest BCUT2D eigenvalue weighted by Crippen LogP contribution is 2.31. The van der Waals surface area contributed by atoms with E-state index < -0.39 is 4.92 Å². The van der Waals surface area contributed by atoms with Crippen LogP contribution in [0.25, 0.3) is 40.0 Å². The number of nitro groups is 1. The molecule has 0 aliphatic rings. The minimum Gasteiger partial charge on any atom is -0.456 e. The van der Waals surface area contributed by atoms with Gasteiger partial charge in [0.15, 0.2) is 5.58 Å². The number of carbonyl (C=O) groups is 1. The lowest BCUT2D eigenvalue weighted by Gasteiger charge is -2.02. The molecule has 3 aromatic carbocycles. The summed E-state index contributed by atoms with van der Waals surface area (Å²) in [6.07, 6.45) is 2.83. The molecule has 8 nitrogen and oxygen atoms in total. The van der Waals surface area contributed by atoms with Crippen LogP contribution in [0.4, 0.5) is 11.4 Å². The van der Waals surface area contributed by atoms with Gasteiger partial charge in [-0.15, -0.1) is 0 Å². The molecule has 1 amide bonds. The molecule has 0 fully saturated rings. The van der Waals surface area contributed by atoms with Gasteiger partial charge in [0, 0.05) is 23.4 Å². The fraction of sp³-hybridized carbons (Fsp3) is 0.0370. The Bertz CT molecular complexity index is 1580. The Balaban J connectivity index is 1.25. The number of furan rings is 1. The van der Waals surface area contributed by atoms with Crippen molar-refractivity contribution in [1.29, 1.82) is 0 Å². The Kier molecular flexibility index (Phi) is 5.68. The van der Waals surface area contributed by atoms with Gasteiger partial charge in [-0.05, 0) is 73.2 Å². The van der Waals surface area contributed by atoms with Gasteiger partial charge >= 0.3 is 0 Å². The molecule has 0 saturated carbocycles. The normalized spacial score (nSPS) is 11.2. The summed E-state index contributed by atoms with van der Waals surface area (Å²) in [6.45, 7) is 1.99. The Morgan fingerprint density at radius 1 is 1.00 bits per heavy atom. The molecule has 0 saturated heterocycles. The standard InChI is InChI=1S/C27H19N3O5/c1-17-6-13-22-25(16-17)35-27(29-22)18-7-9-19(10-8-18)28-26(31)15-12-20-11-14-24(34-20)21-4-2-3-5-23(21)30(32)33/h2-16H,1H3,(H,28,31). The van der Waals surface area contributed by atoms with Gasteiger partial charge in [0.1, 0.15) is 17.0 Å². The monoisotopic (exact) mass is 465 g/mol. The van der Waals surface area contributed by atoms with E-state index in [2.05, 4.69) is 10.3 Å². The molecule has 8 heteroatoms. The lowest BCUT2D eigenvalue weighted by Crippen LogP contribution is -2.07. The van der Waals surface area contributed by atoms with Gasteiger partial charge in [-0.25, -0.2) is 4.98 Å². The zero-order valence-corrected chi connectivity index (χ0v) is 18.6. The molecular weight excluding hydrogens is 446 g/mol. The molecule has 0 spiro atoms. The van der Waals surface area contributed by atoms with Crippen LogP contribution in [0.15, 0.2) is 93.8 Å². The number of para-hydroxylation sites is 1. The lowest BCUT2D eigenvalue weighted by molar-refractivity contribution is -0.384. The number of hydrogen-bond acceptors (Lipinski definition) is 6. The summed E-state index contributed by atoms with van der Waals surface area (Å²) in [5.74, 6) is 0.909. The zero-order chi connectivity index (χ0) is 24.4. The third-order valence-corrected chi connectivity index (χ3v) is 5.34. The molecule has 1 N–H and O–H groups in total. The van der Waals surface area contributed by atoms with Crippen LogP contribution in [0.2, 0.25) is 0 Å². The largest absolute Gasteiger partial charge is 0.456 e. The highest BCUT2D eigenvalue weighted by atomic mass is 16.6. The first-order valence-corrected chi connectivity index (χ1v) is 10.8. The van der Waals surface area contributed by atoms with Crippen LogP contribution < -0.4 is 5.32 Å². The number of carbonyl (C=O) groups excluding carboxylic acids is 1. The first-order valence-electron chi connectivity index (χ1n) is 10.8. The molecule has 0 aliphatic carbocycles. The molecule has 35 heavy (non-hydrogen) atoms. The van der Waals surface area contributed by atoms with E-state index in [0.717, 1.165) is 22.2 Å². The Hall–Kier alpha value is -4.98. The highest BCUT2D eigenvalue weighted by Gasteiger charge is 2.16. The molecule has 0 radical (unpaired) electrons. The number of oxazole rings is 1. The van der Waals surface area contributed by atoms with E-state index in [9.17, 15) is 14.9 Å². The molecule has 2 aromatic heterocycles. The summed E-state index contributed by atoms with van der Waals surface area (Å²) < 4.78 is 11.5. The maximum absolute atomic E-state index is 12.4. The zero-order valence-electron chi connectivity index (χ0n) is 18.6. The number of anilines is 1. The molecule has 0 unspecified atom stereocenters. The van der Waals surface area contributed by atoms with Crippen LogP contribution in [0.3, 0.4) is 0 Å². The van der Waals surface area contributed by atoms with Gasteiger partial charge in [0.25, 0.3) is 5.69 Å². The fourth-order valence-electron chi connectivity index (χ4n) is 3.62. The quantitative estimate of drug-likeness (QED) is 0.171. The molecule has 2 heterocycles. The second-order valence-electron chi connectivity index (χ2n) is 7.87. The number of nitro benzene ring substituents is 1. The van der Waals surface area contributed by atoms with Crippen molar-refractivity contribution in [1.82, 2.24) is 4.98 Å². The number of benzene rings is 3. The van der Waals surface area contributed by atoms with E-state index >= 15 is 0 Å². The first kappa shape index (κ1) is 21.8. The van der Waals surface area contributed by atoms with Crippen molar-refractivity contribution in [3.8, 4) is 22.8 Å². The number of hydrogen-bond donors (Lipinski definition) is 1. The summed E-state index contributed by atoms with van der Waals surface area (Å²) in [5, 5.41) is 14.0. The van der Waals surface area contributed by atoms with E-state index in [4.69, 9.17) is 8.83 Å². The fourth-order valence-corrected chi connectivity index (χ4v) is 3.62. The predicted octanol–water partition coefficient (Wildman–Crippen LogP) is 6.62. The van der Waals surface area contributed by atoms with Gasteiger partial charge in [-0.3, -0.25) is 14.9 Å². The van der Waals surface area contributed by atoms with Gasteiger partial charge < -0.3 is 14.2 Å². The van der Waals surface area contributed by atoms with E-state index in [-0.39, 0.29) is 11.6 Å². The average Bonchev–Trinajstić information content (AvgIpc) is 3.50. The van der Waals surface area contributed by atoms with Gasteiger partial charge in [-0.1, -0.05) is 18.2 Å². The number of aryl methyl sites for hydroxylation is 1. The number of nitrogens with zero attached hydrogens (tertiary/aromatic N) is 2. The molecule has 0 aliphatic heterocycles. The van der Waals surface area contributed by atoms with Crippen molar-refractivity contribution in [2.24, 2.45) is 0 Å². The van der Waals surface area contributed by atoms with Crippen molar-refractivity contribution in [2.75, 3.05) is 5.32 Å². The maximum atomic E-state index is 12.4. The number of nitrogens with one attached hydrogen (secondary N) is 1. The minimum absolute atomic E-state index is 0.0495. The van der Waals surface area contributed by atoms with Crippen molar-refractivity contribution in [2.45, 2.75) is 6.92 Å². The lowest BCUT2D eigenvalue weighted by atomic mass is 10.1. The Morgan fingerprint density at radius 3 is 2.60 bits per heavy atom. The second kappa shape index (κ2) is 9.11. The molecule has 0 bridgehead atoms. The number of rotatable bonds is 6. The molecule has 172 valence electrons. The Labute approximate surface area is 199 Å². The molecule has 5 rings (SSSR count). The summed E-state index contributed by atoms with van der Waals surface area (Å²) in [4.78, 5) is 27.6. The molecular formula is C27H19N3O5. The van der Waals surface area contributed by atoms with Crippen LogP contribution in [-0.2, 0) is 4.79 Å². The van der Waals surface area contributed by atoms with Gasteiger partial charge in [0.2, 0.25) is 11.8 Å². The maximum Gasteiger partial charge on any atom is 0.280 e. The number of aromatic nitrogens is 1. The highest BCUT2D eigenvalue weighted by molar-refractivity contribution is 6.01. The third-order valence-electron chi connectivity index (χ3n) is 5.34. The van der Waals surface area contributed by atoms with Crippen LogP contribution in [0.1, 0.15) is 11.3 Å². The summed E-state index contributed by atoms with van der Waals surface area (Å²) >= 11 is 0. The number of fused-ring (bicyclic) bond motifs is 1. The summed E-state index contributed by atoms with van der Waals surface area (Å²) in [5.41, 5.74) is 4.34. The first-order chi connectivity index (χ1) is 17.0. The average molecular weight is 465 g/mol. The third kappa shape index (κ3) is 4.72.